The third kappa shape index (κ3) is 11.6. The smallest absolute Gasteiger partial charge is 0 e. The molecule has 3 heteroatoms. The Hall–Kier alpha value is 1.05. The van der Waals surface area contributed by atoms with E-state index in [9.17, 15) is 0 Å². The second-order valence-electron chi connectivity index (χ2n) is 0.0772. The van der Waals surface area contributed by atoms with Crippen molar-refractivity contribution in [1.29, 1.82) is 0 Å². The predicted octanol–water partition coefficient (Wildman–Crippen LogP) is 0.486. The molecule has 0 unspecified atom stereocenters. The summed E-state index contributed by atoms with van der Waals surface area (Å²) in [4.78, 5) is 8.67. The molecule has 0 heterocycles. The van der Waals surface area contributed by atoms with Crippen molar-refractivity contribution >= 4 is 26.9 Å². The molecule has 0 atom stereocenters. The average molecular weight is 347 g/mol. The Bertz CT molecular complexity index is 15.5. The van der Waals surface area contributed by atoms with Crippen molar-refractivity contribution in [2.45, 2.75) is 0 Å². The molecule has 27 valence electrons. The van der Waals surface area contributed by atoms with Crippen LogP contribution in [-0.2, 0) is 24.9 Å². The summed E-state index contributed by atoms with van der Waals surface area (Å²) in [5, 5.41) is 0. The van der Waals surface area contributed by atoms with Crippen molar-refractivity contribution in [1.82, 2.24) is 0 Å². The average Bonchev–Trinajstić information content (AvgIpc) is 0.918. The summed E-state index contributed by atoms with van der Waals surface area (Å²) in [7, 11) is 0. The van der Waals surface area contributed by atoms with E-state index in [0.717, 1.165) is 0 Å². The first-order valence-corrected chi connectivity index (χ1v) is 1.47. The van der Waals surface area contributed by atoms with Crippen molar-refractivity contribution in [2.24, 2.45) is 0 Å². The van der Waals surface area contributed by atoms with E-state index in [0.29, 0.717) is 0 Å². The van der Waals surface area contributed by atoms with Gasteiger partial charge in [0.05, 0.1) is 0 Å². The number of rotatable bonds is 0. The fourth-order valence-corrected chi connectivity index (χ4v) is 0. The standard InChI is InChI=1S/CIO.Ir/c2-1-3;/q-1;. The molecule has 1 nitrogen and oxygen atoms in total. The van der Waals surface area contributed by atoms with Crippen LogP contribution in [-0.4, -0.2) is 4.29 Å². The molecule has 0 aromatic carbocycles. The number of hydrogen-bond donors (Lipinski definition) is 0. The summed E-state index contributed by atoms with van der Waals surface area (Å²) in [5.41, 5.74) is 0. The fraction of sp³-hybridized carbons (Fsp3) is 0. The molecule has 0 aliphatic rings. The Balaban J connectivity index is 0. The molecular formula is CIIrO-. The molecule has 0 saturated heterocycles. The molecule has 0 saturated carbocycles. The first-order chi connectivity index (χ1) is 1.41. The van der Waals surface area contributed by atoms with E-state index in [4.69, 9.17) is 4.79 Å². The van der Waals surface area contributed by atoms with Gasteiger partial charge in [0.2, 0.25) is 0 Å². The molecule has 1 radical (unpaired) electrons. The predicted molar refractivity (Wildman–Crippen MR) is 19.7 cm³/mol. The molecule has 0 aromatic rings. The Labute approximate surface area is 51.6 Å². The molecule has 4 heavy (non-hydrogen) atoms. The van der Waals surface area contributed by atoms with Crippen LogP contribution in [0.5, 0.6) is 0 Å². The SMILES string of the molecule is O=[C-]I.[Ir]. The van der Waals surface area contributed by atoms with E-state index < -0.39 is 0 Å². The third-order valence-corrected chi connectivity index (χ3v) is 0. The maximum absolute atomic E-state index is 8.67. The van der Waals surface area contributed by atoms with Crippen LogP contribution < -0.4 is 0 Å². The van der Waals surface area contributed by atoms with Gasteiger partial charge in [-0.1, -0.05) is 0 Å². The Morgan fingerprint density at radius 1 is 1.75 bits per heavy atom. The second-order valence-corrected chi connectivity index (χ2v) is 0.518. The zero-order valence-electron chi connectivity index (χ0n) is 1.62. The fourth-order valence-electron chi connectivity index (χ4n) is 0. The quantitative estimate of drug-likeness (QED) is 0.354. The normalized spacial score (nSPS) is 3.25. The van der Waals surface area contributed by atoms with E-state index in [2.05, 4.69) is 0 Å². The van der Waals surface area contributed by atoms with Crippen LogP contribution in [0, 0.1) is 0 Å². The van der Waals surface area contributed by atoms with Gasteiger partial charge in [0.25, 0.3) is 0 Å². The number of carbonyl (C=O) groups excluding carboxylic acids is 1. The number of hydrogen-bond acceptors (Lipinski definition) is 1. The second kappa shape index (κ2) is 8.97. The van der Waals surface area contributed by atoms with Gasteiger partial charge in [-0.05, 0) is 0 Å². The molecule has 0 aliphatic heterocycles. The summed E-state index contributed by atoms with van der Waals surface area (Å²) in [5.74, 6) is 0. The van der Waals surface area contributed by atoms with E-state index in [1.165, 1.54) is 26.9 Å². The van der Waals surface area contributed by atoms with Crippen LogP contribution in [0.25, 0.3) is 0 Å². The van der Waals surface area contributed by atoms with Gasteiger partial charge in [-0.2, -0.15) is 4.29 Å². The minimum Gasteiger partial charge on any atom is -0.531 e. The van der Waals surface area contributed by atoms with E-state index in [1.807, 2.05) is 0 Å². The van der Waals surface area contributed by atoms with Crippen LogP contribution in [0.3, 0.4) is 0 Å². The van der Waals surface area contributed by atoms with Gasteiger partial charge in [0.15, 0.2) is 0 Å². The first kappa shape index (κ1) is 8.90. The minimum absolute atomic E-state index is 0. The summed E-state index contributed by atoms with van der Waals surface area (Å²) >= 11 is 1.48. The van der Waals surface area contributed by atoms with E-state index >= 15 is 0 Å². The van der Waals surface area contributed by atoms with Gasteiger partial charge in [0.1, 0.15) is 0 Å². The minimum atomic E-state index is 0. The topological polar surface area (TPSA) is 17.1 Å². The van der Waals surface area contributed by atoms with Gasteiger partial charge in [0, 0.05) is 20.1 Å². The van der Waals surface area contributed by atoms with E-state index in [1.54, 1.807) is 0 Å². The Morgan fingerprint density at radius 2 is 1.75 bits per heavy atom. The zero-order chi connectivity index (χ0) is 2.71. The molecule has 0 spiro atoms. The van der Waals surface area contributed by atoms with Crippen LogP contribution in [0.4, 0.5) is 0 Å². The summed E-state index contributed by atoms with van der Waals surface area (Å²) in [6.07, 6.45) is 0. The van der Waals surface area contributed by atoms with Gasteiger partial charge in [-0.3, -0.25) is 22.6 Å². The zero-order valence-corrected chi connectivity index (χ0v) is 6.17. The van der Waals surface area contributed by atoms with Gasteiger partial charge < -0.3 is 4.79 Å². The molecular weight excluding hydrogens is 347 g/mol. The van der Waals surface area contributed by atoms with Crippen molar-refractivity contribution in [3.63, 3.8) is 0 Å². The molecule has 0 bridgehead atoms. The number of halogens is 1. The van der Waals surface area contributed by atoms with Crippen LogP contribution in [0.2, 0.25) is 0 Å². The Kier molecular flexibility index (Phi) is 20.0. The van der Waals surface area contributed by atoms with Crippen molar-refractivity contribution < 1.29 is 24.9 Å². The van der Waals surface area contributed by atoms with Crippen molar-refractivity contribution in [2.75, 3.05) is 0 Å². The summed E-state index contributed by atoms with van der Waals surface area (Å²) in [6.45, 7) is 0. The molecule has 0 rings (SSSR count). The van der Waals surface area contributed by atoms with Crippen LogP contribution in [0.15, 0.2) is 0 Å². The van der Waals surface area contributed by atoms with E-state index in [-0.39, 0.29) is 20.1 Å². The summed E-state index contributed by atoms with van der Waals surface area (Å²) in [6, 6.07) is 0. The third-order valence-electron chi connectivity index (χ3n) is 0. The van der Waals surface area contributed by atoms with Crippen LogP contribution >= 0.6 is 22.6 Å². The van der Waals surface area contributed by atoms with Gasteiger partial charge in [-0.15, -0.1) is 0 Å². The largest absolute Gasteiger partial charge is 0.531 e. The molecule has 0 aliphatic carbocycles. The maximum Gasteiger partial charge on any atom is 0 e. The Morgan fingerprint density at radius 3 is 1.75 bits per heavy atom. The molecule has 0 amide bonds. The molecule has 0 N–H and O–H groups in total. The monoisotopic (exact) mass is 348 g/mol. The first-order valence-electron chi connectivity index (χ1n) is 0.393. The van der Waals surface area contributed by atoms with Crippen molar-refractivity contribution in [3.8, 4) is 0 Å². The maximum atomic E-state index is 8.67. The van der Waals surface area contributed by atoms with Crippen molar-refractivity contribution in [3.05, 3.63) is 0 Å². The molecule has 0 fully saturated rings. The summed E-state index contributed by atoms with van der Waals surface area (Å²) < 4.78 is 1.47. The van der Waals surface area contributed by atoms with Gasteiger partial charge >= 0.3 is 0 Å². The molecule has 0 aromatic heterocycles. The van der Waals surface area contributed by atoms with Crippen LogP contribution in [0.1, 0.15) is 0 Å². The van der Waals surface area contributed by atoms with Gasteiger partial charge in [-0.25, -0.2) is 0 Å².